The summed E-state index contributed by atoms with van der Waals surface area (Å²) in [6, 6.07) is 6.33. The second-order valence-corrected chi connectivity index (χ2v) is 4.61. The van der Waals surface area contributed by atoms with Gasteiger partial charge in [0.25, 0.3) is 0 Å². The van der Waals surface area contributed by atoms with Crippen LogP contribution in [0.2, 0.25) is 0 Å². The van der Waals surface area contributed by atoms with Crippen molar-refractivity contribution in [1.29, 1.82) is 0 Å². The number of nitrogens with one attached hydrogen (secondary N) is 1. The highest BCUT2D eigenvalue weighted by Crippen LogP contribution is 2.09. The zero-order valence-corrected chi connectivity index (χ0v) is 10.7. The van der Waals surface area contributed by atoms with Gasteiger partial charge in [-0.1, -0.05) is 57.9 Å². The highest BCUT2D eigenvalue weighted by molar-refractivity contribution is 4.96. The van der Waals surface area contributed by atoms with Crippen molar-refractivity contribution in [2.45, 2.75) is 64.7 Å². The van der Waals surface area contributed by atoms with Gasteiger partial charge in [-0.15, -0.1) is 0 Å². The zero-order chi connectivity index (χ0) is 11.5. The Morgan fingerprint density at radius 1 is 0.875 bits per heavy atom. The van der Waals surface area contributed by atoms with Crippen LogP contribution in [0.25, 0.3) is 0 Å². The van der Waals surface area contributed by atoms with E-state index in [4.69, 9.17) is 0 Å². The van der Waals surface area contributed by atoms with E-state index in [2.05, 4.69) is 24.0 Å². The molecule has 0 aliphatic carbocycles. The van der Waals surface area contributed by atoms with Crippen molar-refractivity contribution in [3.05, 3.63) is 30.1 Å². The fraction of sp³-hybridized carbons (Fsp3) is 0.667. The first kappa shape index (κ1) is 13.2. The molecule has 1 heteroatoms. The Balaban J connectivity index is 1.89. The van der Waals surface area contributed by atoms with Crippen LogP contribution in [0.5, 0.6) is 0 Å². The molecule has 0 spiro atoms. The Hall–Kier alpha value is -0.850. The van der Waals surface area contributed by atoms with Crippen LogP contribution in [-0.4, -0.2) is 0 Å². The lowest BCUT2D eigenvalue weighted by atomic mass is 10.1. The third-order valence-electron chi connectivity index (χ3n) is 3.07. The van der Waals surface area contributed by atoms with Crippen LogP contribution in [0, 0.1) is 0 Å². The molecular formula is C15H26N+. The summed E-state index contributed by atoms with van der Waals surface area (Å²) in [6.45, 7) is 2.27. The SMILES string of the molecule is CCCCCCCCCCc1cccc[nH+]1. The summed E-state index contributed by atoms with van der Waals surface area (Å²) in [5.74, 6) is 0. The summed E-state index contributed by atoms with van der Waals surface area (Å²) in [5, 5.41) is 0. The normalized spacial score (nSPS) is 10.6. The van der Waals surface area contributed by atoms with E-state index in [0.29, 0.717) is 0 Å². The molecule has 1 aromatic heterocycles. The fourth-order valence-corrected chi connectivity index (χ4v) is 2.04. The summed E-state index contributed by atoms with van der Waals surface area (Å²) >= 11 is 0. The van der Waals surface area contributed by atoms with Crippen molar-refractivity contribution in [1.82, 2.24) is 0 Å². The third kappa shape index (κ3) is 6.60. The number of aromatic nitrogens is 1. The molecule has 0 aliphatic rings. The third-order valence-corrected chi connectivity index (χ3v) is 3.07. The van der Waals surface area contributed by atoms with Crippen molar-refractivity contribution in [2.24, 2.45) is 0 Å². The molecular weight excluding hydrogens is 194 g/mol. The van der Waals surface area contributed by atoms with Crippen molar-refractivity contribution < 1.29 is 4.98 Å². The number of unbranched alkanes of at least 4 members (excludes halogenated alkanes) is 7. The monoisotopic (exact) mass is 220 g/mol. The van der Waals surface area contributed by atoms with E-state index >= 15 is 0 Å². The van der Waals surface area contributed by atoms with Gasteiger partial charge in [0.05, 0.1) is 0 Å². The molecule has 0 radical (unpaired) electrons. The molecule has 90 valence electrons. The molecule has 0 unspecified atom stereocenters. The average molecular weight is 220 g/mol. The van der Waals surface area contributed by atoms with E-state index in [1.807, 2.05) is 12.3 Å². The van der Waals surface area contributed by atoms with Crippen LogP contribution in [0.15, 0.2) is 24.4 Å². The lowest BCUT2D eigenvalue weighted by molar-refractivity contribution is -0.390. The molecule has 0 bridgehead atoms. The van der Waals surface area contributed by atoms with Crippen LogP contribution in [-0.2, 0) is 6.42 Å². The van der Waals surface area contributed by atoms with E-state index in [1.54, 1.807) is 0 Å². The molecule has 1 aromatic rings. The van der Waals surface area contributed by atoms with Gasteiger partial charge in [0, 0.05) is 18.6 Å². The molecule has 16 heavy (non-hydrogen) atoms. The Morgan fingerprint density at radius 2 is 1.56 bits per heavy atom. The lowest BCUT2D eigenvalue weighted by Crippen LogP contribution is -2.08. The Labute approximate surface area is 100 Å². The maximum atomic E-state index is 3.29. The minimum atomic E-state index is 1.20. The van der Waals surface area contributed by atoms with E-state index in [1.165, 1.54) is 63.5 Å². The van der Waals surface area contributed by atoms with Gasteiger partial charge in [-0.2, -0.15) is 0 Å². The molecule has 0 saturated heterocycles. The van der Waals surface area contributed by atoms with E-state index in [9.17, 15) is 0 Å². The molecule has 0 fully saturated rings. The molecule has 0 atom stereocenters. The predicted octanol–water partition coefficient (Wildman–Crippen LogP) is 4.18. The second kappa shape index (κ2) is 9.38. The first-order valence-electron chi connectivity index (χ1n) is 6.89. The van der Waals surface area contributed by atoms with Gasteiger partial charge >= 0.3 is 0 Å². The average Bonchev–Trinajstić information content (AvgIpc) is 2.34. The fourth-order valence-electron chi connectivity index (χ4n) is 2.04. The standard InChI is InChI=1S/C15H25N/c1-2-3-4-5-6-7-8-9-12-15-13-10-11-14-16-15/h10-11,13-14H,2-9,12H2,1H3/p+1. The van der Waals surface area contributed by atoms with Gasteiger partial charge in [0.15, 0.2) is 11.9 Å². The van der Waals surface area contributed by atoms with Gasteiger partial charge in [0.1, 0.15) is 0 Å². The van der Waals surface area contributed by atoms with E-state index < -0.39 is 0 Å². The second-order valence-electron chi connectivity index (χ2n) is 4.61. The number of rotatable bonds is 9. The molecule has 0 aliphatic heterocycles. The number of aromatic amines is 1. The van der Waals surface area contributed by atoms with Crippen LogP contribution in [0.4, 0.5) is 0 Å². The minimum Gasteiger partial charge on any atom is -0.215 e. The molecule has 1 N–H and O–H groups in total. The largest absolute Gasteiger partial charge is 0.215 e. The zero-order valence-electron chi connectivity index (χ0n) is 10.7. The van der Waals surface area contributed by atoms with Gasteiger partial charge in [-0.25, -0.2) is 4.98 Å². The van der Waals surface area contributed by atoms with Crippen molar-refractivity contribution >= 4 is 0 Å². The van der Waals surface area contributed by atoms with Crippen molar-refractivity contribution in [3.63, 3.8) is 0 Å². The van der Waals surface area contributed by atoms with Gasteiger partial charge in [0.2, 0.25) is 0 Å². The summed E-state index contributed by atoms with van der Waals surface area (Å²) in [6.07, 6.45) is 14.4. The number of aryl methyl sites for hydroxylation is 1. The number of hydrogen-bond donors (Lipinski definition) is 0. The van der Waals surface area contributed by atoms with E-state index in [0.717, 1.165) is 0 Å². The first-order valence-corrected chi connectivity index (χ1v) is 6.89. The van der Waals surface area contributed by atoms with Crippen molar-refractivity contribution in [3.8, 4) is 0 Å². The summed E-state index contributed by atoms with van der Waals surface area (Å²) in [7, 11) is 0. The summed E-state index contributed by atoms with van der Waals surface area (Å²) in [5.41, 5.74) is 1.37. The molecule has 0 aromatic carbocycles. The van der Waals surface area contributed by atoms with Crippen molar-refractivity contribution in [2.75, 3.05) is 0 Å². The van der Waals surface area contributed by atoms with Crippen LogP contribution in [0.1, 0.15) is 64.0 Å². The summed E-state index contributed by atoms with van der Waals surface area (Å²) < 4.78 is 0. The van der Waals surface area contributed by atoms with Gasteiger partial charge in [-0.05, 0) is 6.42 Å². The number of pyridine rings is 1. The number of H-pyrrole nitrogens is 1. The molecule has 1 rings (SSSR count). The smallest absolute Gasteiger partial charge is 0.179 e. The quantitative estimate of drug-likeness (QED) is 0.554. The molecule has 0 amide bonds. The van der Waals surface area contributed by atoms with Crippen LogP contribution in [0.3, 0.4) is 0 Å². The Morgan fingerprint density at radius 3 is 2.19 bits per heavy atom. The Bertz CT molecular complexity index is 243. The lowest BCUT2D eigenvalue weighted by Gasteiger charge is -2.00. The first-order chi connectivity index (χ1) is 7.93. The highest BCUT2D eigenvalue weighted by atomic mass is 14.7. The Kier molecular flexibility index (Phi) is 7.75. The minimum absolute atomic E-state index is 1.20. The molecule has 1 nitrogen and oxygen atoms in total. The van der Waals surface area contributed by atoms with Crippen LogP contribution < -0.4 is 4.98 Å². The maximum absolute atomic E-state index is 3.29. The summed E-state index contributed by atoms with van der Waals surface area (Å²) in [4.78, 5) is 3.29. The predicted molar refractivity (Wildman–Crippen MR) is 69.3 cm³/mol. The maximum Gasteiger partial charge on any atom is 0.179 e. The van der Waals surface area contributed by atoms with Gasteiger partial charge in [-0.3, -0.25) is 0 Å². The molecule has 1 heterocycles. The van der Waals surface area contributed by atoms with E-state index in [-0.39, 0.29) is 0 Å². The van der Waals surface area contributed by atoms with Gasteiger partial charge < -0.3 is 0 Å². The highest BCUT2D eigenvalue weighted by Gasteiger charge is 1.98. The molecule has 0 saturated carbocycles. The van der Waals surface area contributed by atoms with Crippen LogP contribution >= 0.6 is 0 Å². The number of hydrogen-bond acceptors (Lipinski definition) is 0. The topological polar surface area (TPSA) is 14.1 Å².